The molecule has 2 saturated carbocycles. The van der Waals surface area contributed by atoms with Crippen LogP contribution in [0.1, 0.15) is 65.7 Å². The summed E-state index contributed by atoms with van der Waals surface area (Å²) in [4.78, 5) is 0. The van der Waals surface area contributed by atoms with E-state index in [4.69, 9.17) is 0 Å². The van der Waals surface area contributed by atoms with Crippen molar-refractivity contribution in [1.29, 1.82) is 0 Å². The molecule has 2 fully saturated rings. The van der Waals surface area contributed by atoms with E-state index in [-0.39, 0.29) is 19.1 Å². The Hall–Kier alpha value is -0.0800. The molecule has 2 aliphatic rings. The molecule has 2 nitrogen and oxygen atoms in total. The molecule has 0 aromatic rings. The van der Waals surface area contributed by atoms with Crippen LogP contribution in [-0.2, 0) is 0 Å². The third kappa shape index (κ3) is 3.06. The summed E-state index contributed by atoms with van der Waals surface area (Å²) in [6.45, 7) is 7.68. The number of hydrogen-bond acceptors (Lipinski definition) is 2. The highest BCUT2D eigenvalue weighted by Crippen LogP contribution is 2.59. The van der Waals surface area contributed by atoms with E-state index >= 15 is 0 Å². The van der Waals surface area contributed by atoms with Crippen LogP contribution in [0.2, 0.25) is 0 Å². The van der Waals surface area contributed by atoms with Crippen molar-refractivity contribution in [1.82, 2.24) is 0 Å². The molecule has 0 radical (unpaired) electrons. The van der Waals surface area contributed by atoms with Gasteiger partial charge in [-0.15, -0.1) is 0 Å². The van der Waals surface area contributed by atoms with Gasteiger partial charge in [-0.1, -0.05) is 33.6 Å². The quantitative estimate of drug-likeness (QED) is 0.776. The Balaban J connectivity index is 1.95. The molecule has 2 N–H and O–H groups in total. The molecule has 0 aromatic heterocycles. The third-order valence-corrected chi connectivity index (χ3v) is 6.78. The molecule has 0 saturated heterocycles. The fourth-order valence-electron chi connectivity index (χ4n) is 5.48. The summed E-state index contributed by atoms with van der Waals surface area (Å²) in [5.41, 5.74) is 0.561. The standard InChI is InChI=1S/C18H34O2/c1-13-5-4-10-18(3)16(13)8-9-17(18)14(2)6-7-15(11-19)12-20/h13-17,19-20H,4-12H2,1-3H3/t13-,14?,16?,17+,18-/m0/s1. The molecule has 0 aromatic carbocycles. The predicted octanol–water partition coefficient (Wildman–Crippen LogP) is 3.86. The van der Waals surface area contributed by atoms with Gasteiger partial charge in [-0.25, -0.2) is 0 Å². The molecule has 118 valence electrons. The van der Waals surface area contributed by atoms with Gasteiger partial charge in [0.1, 0.15) is 0 Å². The Kier molecular flexibility index (Phi) is 5.53. The van der Waals surface area contributed by atoms with Crippen molar-refractivity contribution in [2.45, 2.75) is 65.7 Å². The topological polar surface area (TPSA) is 40.5 Å². The van der Waals surface area contributed by atoms with Crippen LogP contribution in [0.5, 0.6) is 0 Å². The fourth-order valence-corrected chi connectivity index (χ4v) is 5.48. The van der Waals surface area contributed by atoms with Crippen LogP contribution in [0.4, 0.5) is 0 Å². The summed E-state index contributed by atoms with van der Waals surface area (Å²) in [6, 6.07) is 0. The van der Waals surface area contributed by atoms with Gasteiger partial charge in [-0.2, -0.15) is 0 Å². The first-order chi connectivity index (χ1) is 9.52. The number of rotatable bonds is 6. The summed E-state index contributed by atoms with van der Waals surface area (Å²) in [5.74, 6) is 3.53. The van der Waals surface area contributed by atoms with Gasteiger partial charge in [-0.05, 0) is 61.2 Å². The second-order valence-electron chi connectivity index (χ2n) is 7.95. The van der Waals surface area contributed by atoms with Crippen molar-refractivity contribution >= 4 is 0 Å². The molecule has 2 unspecified atom stereocenters. The van der Waals surface area contributed by atoms with Crippen molar-refractivity contribution in [2.75, 3.05) is 13.2 Å². The Labute approximate surface area is 125 Å². The molecule has 5 atom stereocenters. The Bertz CT molecular complexity index is 300. The monoisotopic (exact) mass is 282 g/mol. The van der Waals surface area contributed by atoms with Gasteiger partial charge in [0.05, 0.1) is 0 Å². The Morgan fingerprint density at radius 2 is 1.80 bits per heavy atom. The molecule has 0 spiro atoms. The SMILES string of the molecule is CC(CCC(CO)CO)[C@H]1CCC2[C@@H](C)CCC[C@@]21C. The molecule has 20 heavy (non-hydrogen) atoms. The van der Waals surface area contributed by atoms with Crippen molar-refractivity contribution in [2.24, 2.45) is 35.0 Å². The number of aliphatic hydroxyl groups excluding tert-OH is 2. The van der Waals surface area contributed by atoms with Crippen molar-refractivity contribution in [3.05, 3.63) is 0 Å². The normalized spacial score (nSPS) is 39.0. The summed E-state index contributed by atoms with van der Waals surface area (Å²) < 4.78 is 0. The molecular formula is C18H34O2. The van der Waals surface area contributed by atoms with E-state index in [1.807, 2.05) is 0 Å². The largest absolute Gasteiger partial charge is 0.396 e. The highest BCUT2D eigenvalue weighted by molar-refractivity contribution is 5.00. The molecule has 2 aliphatic carbocycles. The Morgan fingerprint density at radius 1 is 1.10 bits per heavy atom. The van der Waals surface area contributed by atoms with Crippen molar-refractivity contribution in [3.8, 4) is 0 Å². The second kappa shape index (κ2) is 6.79. The lowest BCUT2D eigenvalue weighted by molar-refractivity contribution is 0.0320. The first-order valence-electron chi connectivity index (χ1n) is 8.74. The van der Waals surface area contributed by atoms with E-state index in [2.05, 4.69) is 20.8 Å². The maximum absolute atomic E-state index is 9.22. The van der Waals surface area contributed by atoms with E-state index in [0.717, 1.165) is 36.5 Å². The van der Waals surface area contributed by atoms with E-state index in [0.29, 0.717) is 5.41 Å². The second-order valence-corrected chi connectivity index (χ2v) is 7.95. The maximum Gasteiger partial charge on any atom is 0.0481 e. The van der Waals surface area contributed by atoms with Gasteiger partial charge in [0.2, 0.25) is 0 Å². The summed E-state index contributed by atoms with van der Waals surface area (Å²) in [5, 5.41) is 18.4. The maximum atomic E-state index is 9.22. The van der Waals surface area contributed by atoms with Gasteiger partial charge < -0.3 is 10.2 Å². The van der Waals surface area contributed by atoms with Crippen LogP contribution in [-0.4, -0.2) is 23.4 Å². The van der Waals surface area contributed by atoms with Gasteiger partial charge in [0.15, 0.2) is 0 Å². The van der Waals surface area contributed by atoms with Crippen molar-refractivity contribution < 1.29 is 10.2 Å². The minimum Gasteiger partial charge on any atom is -0.396 e. The molecule has 0 bridgehead atoms. The molecule has 2 rings (SSSR count). The summed E-state index contributed by atoms with van der Waals surface area (Å²) in [7, 11) is 0. The van der Waals surface area contributed by atoms with Gasteiger partial charge >= 0.3 is 0 Å². The number of aliphatic hydroxyl groups is 2. The molecule has 2 heteroatoms. The van der Waals surface area contributed by atoms with Crippen LogP contribution < -0.4 is 0 Å². The van der Waals surface area contributed by atoms with E-state index in [1.165, 1.54) is 32.1 Å². The zero-order valence-electron chi connectivity index (χ0n) is 13.6. The summed E-state index contributed by atoms with van der Waals surface area (Å²) >= 11 is 0. The predicted molar refractivity (Wildman–Crippen MR) is 83.4 cm³/mol. The number of fused-ring (bicyclic) bond motifs is 1. The molecular weight excluding hydrogens is 248 g/mol. The Morgan fingerprint density at radius 3 is 2.45 bits per heavy atom. The lowest BCUT2D eigenvalue weighted by Gasteiger charge is -2.46. The average molecular weight is 282 g/mol. The van der Waals surface area contributed by atoms with E-state index < -0.39 is 0 Å². The van der Waals surface area contributed by atoms with Crippen LogP contribution >= 0.6 is 0 Å². The minimum absolute atomic E-state index is 0.0905. The van der Waals surface area contributed by atoms with Crippen LogP contribution in [0, 0.1) is 35.0 Å². The first-order valence-corrected chi connectivity index (χ1v) is 8.74. The smallest absolute Gasteiger partial charge is 0.0481 e. The van der Waals surface area contributed by atoms with Crippen molar-refractivity contribution in [3.63, 3.8) is 0 Å². The van der Waals surface area contributed by atoms with Gasteiger partial charge in [0.25, 0.3) is 0 Å². The van der Waals surface area contributed by atoms with Crippen LogP contribution in [0.25, 0.3) is 0 Å². The zero-order chi connectivity index (χ0) is 14.8. The molecule has 0 amide bonds. The highest BCUT2D eigenvalue weighted by atomic mass is 16.3. The number of hydrogen-bond donors (Lipinski definition) is 2. The minimum atomic E-state index is 0.0905. The fraction of sp³-hybridized carbons (Fsp3) is 1.00. The summed E-state index contributed by atoms with van der Waals surface area (Å²) in [6.07, 6.45) is 9.21. The van der Waals surface area contributed by atoms with Gasteiger partial charge in [-0.3, -0.25) is 0 Å². The highest BCUT2D eigenvalue weighted by Gasteiger charge is 2.51. The lowest BCUT2D eigenvalue weighted by Crippen LogP contribution is -2.38. The van der Waals surface area contributed by atoms with E-state index in [1.54, 1.807) is 0 Å². The van der Waals surface area contributed by atoms with Gasteiger partial charge in [0, 0.05) is 19.1 Å². The molecule has 0 heterocycles. The lowest BCUT2D eigenvalue weighted by atomic mass is 9.59. The first kappa shape index (κ1) is 16.3. The zero-order valence-corrected chi connectivity index (χ0v) is 13.6. The molecule has 0 aliphatic heterocycles. The third-order valence-electron chi connectivity index (χ3n) is 6.78. The van der Waals surface area contributed by atoms with Crippen LogP contribution in [0.15, 0.2) is 0 Å². The average Bonchev–Trinajstić information content (AvgIpc) is 2.78. The van der Waals surface area contributed by atoms with Crippen LogP contribution in [0.3, 0.4) is 0 Å². The van der Waals surface area contributed by atoms with E-state index in [9.17, 15) is 10.2 Å².